The maximum atomic E-state index is 4.41. The molecule has 0 fully saturated rings. The van der Waals surface area contributed by atoms with Gasteiger partial charge in [0.15, 0.2) is 0 Å². The molecule has 0 atom stereocenters. The van der Waals surface area contributed by atoms with Crippen LogP contribution in [-0.2, 0) is 0 Å². The molecule has 0 N–H and O–H groups in total. The summed E-state index contributed by atoms with van der Waals surface area (Å²) in [4.78, 5) is 5.67. The summed E-state index contributed by atoms with van der Waals surface area (Å²) in [5.74, 6) is 0. The third kappa shape index (κ3) is 2.07. The van der Waals surface area contributed by atoms with Gasteiger partial charge in [0.05, 0.1) is 11.2 Å². The van der Waals surface area contributed by atoms with Crippen molar-refractivity contribution in [2.24, 2.45) is 0 Å². The van der Waals surface area contributed by atoms with Gasteiger partial charge in [-0.3, -0.25) is 0 Å². The van der Waals surface area contributed by atoms with Crippen molar-refractivity contribution in [3.63, 3.8) is 0 Å². The fourth-order valence-electron chi connectivity index (χ4n) is 2.03. The molecular weight excluding hydrogens is 238 g/mol. The predicted molar refractivity (Wildman–Crippen MR) is 77.7 cm³/mol. The topological polar surface area (TPSA) is 12.9 Å². The zero-order chi connectivity index (χ0) is 12.4. The van der Waals surface area contributed by atoms with E-state index >= 15 is 0 Å². The second kappa shape index (κ2) is 4.75. The molecule has 0 amide bonds. The van der Waals surface area contributed by atoms with Crippen LogP contribution in [0.15, 0.2) is 60.1 Å². The molecule has 1 aromatic heterocycles. The van der Waals surface area contributed by atoms with Gasteiger partial charge in [0, 0.05) is 10.4 Å². The molecule has 18 heavy (non-hydrogen) atoms. The molecule has 88 valence electrons. The van der Waals surface area contributed by atoms with Crippen LogP contribution < -0.4 is 0 Å². The zero-order valence-corrected chi connectivity index (χ0v) is 10.9. The minimum absolute atomic E-state index is 1.10. The minimum atomic E-state index is 1.10. The first-order valence-electron chi connectivity index (χ1n) is 5.90. The summed E-state index contributed by atoms with van der Waals surface area (Å²) in [5, 5.41) is 0. The molecular formula is C16H13NS. The van der Waals surface area contributed by atoms with Gasteiger partial charge in [0.1, 0.15) is 0 Å². The molecule has 3 aromatic rings. The van der Waals surface area contributed by atoms with Crippen molar-refractivity contribution in [3.8, 4) is 22.4 Å². The van der Waals surface area contributed by atoms with Crippen LogP contribution in [0.2, 0.25) is 0 Å². The van der Waals surface area contributed by atoms with Crippen molar-refractivity contribution in [2.45, 2.75) is 6.92 Å². The number of hydrogen-bond donors (Lipinski definition) is 0. The van der Waals surface area contributed by atoms with Gasteiger partial charge < -0.3 is 0 Å². The van der Waals surface area contributed by atoms with Crippen LogP contribution in [0.25, 0.3) is 22.4 Å². The van der Waals surface area contributed by atoms with E-state index in [2.05, 4.69) is 60.4 Å². The SMILES string of the molecule is Cc1scnc1-c1ccc(-c2ccccc2)cc1. The van der Waals surface area contributed by atoms with Gasteiger partial charge in [0.2, 0.25) is 0 Å². The Morgan fingerprint density at radius 3 is 2.00 bits per heavy atom. The Kier molecular flexibility index (Phi) is 2.95. The van der Waals surface area contributed by atoms with Crippen LogP contribution >= 0.6 is 11.3 Å². The van der Waals surface area contributed by atoms with E-state index < -0.39 is 0 Å². The average molecular weight is 251 g/mol. The van der Waals surface area contributed by atoms with E-state index in [-0.39, 0.29) is 0 Å². The number of rotatable bonds is 2. The summed E-state index contributed by atoms with van der Waals surface area (Å²) in [6, 6.07) is 19.0. The fraction of sp³-hybridized carbons (Fsp3) is 0.0625. The quantitative estimate of drug-likeness (QED) is 0.638. The smallest absolute Gasteiger partial charge is 0.0840 e. The standard InChI is InChI=1S/C16H13NS/c1-12-16(17-11-18-12)15-9-7-14(8-10-15)13-5-3-2-4-6-13/h2-11H,1H3. The number of nitrogens with zero attached hydrogens (tertiary/aromatic N) is 1. The lowest BCUT2D eigenvalue weighted by Crippen LogP contribution is -1.81. The number of thiazole rings is 1. The van der Waals surface area contributed by atoms with E-state index in [4.69, 9.17) is 0 Å². The highest BCUT2D eigenvalue weighted by Crippen LogP contribution is 2.27. The van der Waals surface area contributed by atoms with Gasteiger partial charge in [-0.1, -0.05) is 54.6 Å². The van der Waals surface area contributed by atoms with E-state index in [0.717, 1.165) is 5.69 Å². The molecule has 0 saturated carbocycles. The van der Waals surface area contributed by atoms with E-state index in [0.29, 0.717) is 0 Å². The first-order chi connectivity index (χ1) is 8.84. The molecule has 0 aliphatic heterocycles. The number of benzene rings is 2. The van der Waals surface area contributed by atoms with Crippen molar-refractivity contribution in [3.05, 3.63) is 65.0 Å². The van der Waals surface area contributed by atoms with Gasteiger partial charge in [-0.05, 0) is 18.1 Å². The lowest BCUT2D eigenvalue weighted by atomic mass is 10.0. The normalized spacial score (nSPS) is 10.5. The molecule has 0 radical (unpaired) electrons. The molecule has 1 heterocycles. The lowest BCUT2D eigenvalue weighted by Gasteiger charge is -2.03. The summed E-state index contributed by atoms with van der Waals surface area (Å²) in [5.41, 5.74) is 6.68. The summed E-state index contributed by atoms with van der Waals surface area (Å²) < 4.78 is 0. The number of aromatic nitrogens is 1. The van der Waals surface area contributed by atoms with E-state index in [9.17, 15) is 0 Å². The lowest BCUT2D eigenvalue weighted by molar-refractivity contribution is 1.38. The second-order valence-electron chi connectivity index (χ2n) is 4.20. The monoisotopic (exact) mass is 251 g/mol. The molecule has 3 rings (SSSR count). The van der Waals surface area contributed by atoms with Crippen molar-refractivity contribution >= 4 is 11.3 Å². The number of hydrogen-bond acceptors (Lipinski definition) is 2. The third-order valence-electron chi connectivity index (χ3n) is 3.01. The Balaban J connectivity index is 1.97. The maximum Gasteiger partial charge on any atom is 0.0840 e. The van der Waals surface area contributed by atoms with Gasteiger partial charge in [-0.25, -0.2) is 4.98 Å². The third-order valence-corrected chi connectivity index (χ3v) is 3.77. The molecule has 0 bridgehead atoms. The van der Waals surface area contributed by atoms with Gasteiger partial charge in [0.25, 0.3) is 0 Å². The van der Waals surface area contributed by atoms with Crippen LogP contribution in [0.1, 0.15) is 4.88 Å². The Hall–Kier alpha value is -1.93. The minimum Gasteiger partial charge on any atom is -0.244 e. The summed E-state index contributed by atoms with van der Waals surface area (Å²) in [6.45, 7) is 2.11. The molecule has 2 heteroatoms. The Labute approximate surface area is 111 Å². The van der Waals surface area contributed by atoms with Crippen LogP contribution in [-0.4, -0.2) is 4.98 Å². The molecule has 1 nitrogen and oxygen atoms in total. The molecule has 2 aromatic carbocycles. The highest BCUT2D eigenvalue weighted by molar-refractivity contribution is 7.10. The van der Waals surface area contributed by atoms with Crippen LogP contribution in [0.4, 0.5) is 0 Å². The molecule has 0 saturated heterocycles. The van der Waals surface area contributed by atoms with Crippen molar-refractivity contribution < 1.29 is 0 Å². The first-order valence-corrected chi connectivity index (χ1v) is 6.78. The van der Waals surface area contributed by atoms with Gasteiger partial charge in [-0.15, -0.1) is 11.3 Å². The Morgan fingerprint density at radius 1 is 0.778 bits per heavy atom. The molecule has 0 aliphatic carbocycles. The maximum absolute atomic E-state index is 4.41. The van der Waals surface area contributed by atoms with E-state index in [1.807, 2.05) is 11.6 Å². The highest BCUT2D eigenvalue weighted by Gasteiger charge is 2.04. The average Bonchev–Trinajstić information content (AvgIpc) is 2.86. The van der Waals surface area contributed by atoms with Crippen LogP contribution in [0.3, 0.4) is 0 Å². The number of aryl methyl sites for hydroxylation is 1. The Bertz CT molecular complexity index is 638. The molecule has 0 aliphatic rings. The fourth-order valence-corrected chi connectivity index (χ4v) is 2.63. The zero-order valence-electron chi connectivity index (χ0n) is 10.1. The summed E-state index contributed by atoms with van der Waals surface area (Å²) >= 11 is 1.69. The van der Waals surface area contributed by atoms with Crippen LogP contribution in [0.5, 0.6) is 0 Å². The van der Waals surface area contributed by atoms with Crippen molar-refractivity contribution in [1.82, 2.24) is 4.98 Å². The highest BCUT2D eigenvalue weighted by atomic mass is 32.1. The second-order valence-corrected chi connectivity index (χ2v) is 5.26. The summed E-state index contributed by atoms with van der Waals surface area (Å²) in [7, 11) is 0. The molecule has 0 unspecified atom stereocenters. The van der Waals surface area contributed by atoms with Crippen molar-refractivity contribution in [1.29, 1.82) is 0 Å². The van der Waals surface area contributed by atoms with E-state index in [1.165, 1.54) is 21.6 Å². The first kappa shape index (κ1) is 11.2. The molecule has 0 spiro atoms. The Morgan fingerprint density at radius 2 is 1.39 bits per heavy atom. The predicted octanol–water partition coefficient (Wildman–Crippen LogP) is 4.79. The largest absolute Gasteiger partial charge is 0.244 e. The van der Waals surface area contributed by atoms with Gasteiger partial charge >= 0.3 is 0 Å². The van der Waals surface area contributed by atoms with Crippen LogP contribution in [0, 0.1) is 6.92 Å². The summed E-state index contributed by atoms with van der Waals surface area (Å²) in [6.07, 6.45) is 0. The van der Waals surface area contributed by atoms with Gasteiger partial charge in [-0.2, -0.15) is 0 Å². The van der Waals surface area contributed by atoms with E-state index in [1.54, 1.807) is 11.3 Å². The van der Waals surface area contributed by atoms with Crippen molar-refractivity contribution in [2.75, 3.05) is 0 Å².